The minimum Gasteiger partial charge on any atom is -0.324 e. The number of nitrogens with zero attached hydrogens (tertiary/aromatic N) is 1. The van der Waals surface area contributed by atoms with Gasteiger partial charge in [-0.25, -0.2) is 12.8 Å². The number of anilines is 2. The Morgan fingerprint density at radius 1 is 1.03 bits per heavy atom. The number of nitrogens with one attached hydrogen (secondary N) is 1. The van der Waals surface area contributed by atoms with Crippen LogP contribution in [-0.2, 0) is 14.8 Å². The Kier molecular flexibility index (Phi) is 6.56. The zero-order valence-corrected chi connectivity index (χ0v) is 18.0. The molecule has 0 spiro atoms. The van der Waals surface area contributed by atoms with Gasteiger partial charge in [-0.05, 0) is 48.5 Å². The molecule has 0 aliphatic heterocycles. The van der Waals surface area contributed by atoms with Crippen LogP contribution in [0.1, 0.15) is 0 Å². The van der Waals surface area contributed by atoms with Crippen LogP contribution in [0.2, 0.25) is 5.02 Å². The second kappa shape index (κ2) is 8.94. The average Bonchev–Trinajstić information content (AvgIpc) is 2.69. The molecule has 5 nitrogen and oxygen atoms in total. The number of rotatable bonds is 6. The molecule has 0 aromatic heterocycles. The van der Waals surface area contributed by atoms with Gasteiger partial charge >= 0.3 is 0 Å². The molecule has 0 heterocycles. The topological polar surface area (TPSA) is 66.5 Å². The van der Waals surface area contributed by atoms with Crippen LogP contribution >= 0.6 is 27.5 Å². The van der Waals surface area contributed by atoms with E-state index in [4.69, 9.17) is 11.6 Å². The number of benzene rings is 3. The molecular weight excluding hydrogens is 483 g/mol. The largest absolute Gasteiger partial charge is 0.324 e. The van der Waals surface area contributed by atoms with Crippen LogP contribution < -0.4 is 9.62 Å². The van der Waals surface area contributed by atoms with E-state index in [0.717, 1.165) is 14.8 Å². The van der Waals surface area contributed by atoms with Gasteiger partial charge in [0.25, 0.3) is 10.0 Å². The Morgan fingerprint density at radius 2 is 1.76 bits per heavy atom. The molecule has 29 heavy (non-hydrogen) atoms. The molecular formula is C20H15BrClFN2O3S. The van der Waals surface area contributed by atoms with Gasteiger partial charge in [0.2, 0.25) is 5.91 Å². The summed E-state index contributed by atoms with van der Waals surface area (Å²) in [5, 5.41) is 2.40. The molecule has 3 rings (SSSR count). The van der Waals surface area contributed by atoms with E-state index in [1.54, 1.807) is 42.5 Å². The van der Waals surface area contributed by atoms with Crippen LogP contribution in [-0.4, -0.2) is 20.9 Å². The predicted molar refractivity (Wildman–Crippen MR) is 115 cm³/mol. The van der Waals surface area contributed by atoms with Crippen LogP contribution in [0.15, 0.2) is 82.2 Å². The number of hydrogen-bond acceptors (Lipinski definition) is 3. The van der Waals surface area contributed by atoms with E-state index in [1.807, 2.05) is 0 Å². The van der Waals surface area contributed by atoms with Crippen molar-refractivity contribution in [1.82, 2.24) is 0 Å². The Balaban J connectivity index is 1.96. The second-order valence-corrected chi connectivity index (χ2v) is 9.17. The van der Waals surface area contributed by atoms with Gasteiger partial charge in [0, 0.05) is 10.2 Å². The summed E-state index contributed by atoms with van der Waals surface area (Å²) in [6.45, 7) is -0.522. The molecule has 9 heteroatoms. The summed E-state index contributed by atoms with van der Waals surface area (Å²) in [7, 11) is -4.10. The van der Waals surface area contributed by atoms with Crippen molar-refractivity contribution >= 4 is 54.8 Å². The van der Waals surface area contributed by atoms with Crippen molar-refractivity contribution < 1.29 is 17.6 Å². The van der Waals surface area contributed by atoms with Crippen molar-refractivity contribution in [1.29, 1.82) is 0 Å². The highest BCUT2D eigenvalue weighted by Crippen LogP contribution is 2.28. The number of hydrogen-bond donors (Lipinski definition) is 1. The fourth-order valence-electron chi connectivity index (χ4n) is 2.57. The maximum Gasteiger partial charge on any atom is 0.264 e. The first kappa shape index (κ1) is 21.3. The average molecular weight is 498 g/mol. The lowest BCUT2D eigenvalue weighted by molar-refractivity contribution is -0.114. The molecule has 0 atom stereocenters. The van der Waals surface area contributed by atoms with Crippen molar-refractivity contribution in [3.8, 4) is 0 Å². The van der Waals surface area contributed by atoms with Gasteiger partial charge in [-0.15, -0.1) is 0 Å². The summed E-state index contributed by atoms with van der Waals surface area (Å²) in [5.41, 5.74) is 0.572. The van der Waals surface area contributed by atoms with Crippen LogP contribution in [0.25, 0.3) is 0 Å². The summed E-state index contributed by atoms with van der Waals surface area (Å²) in [6.07, 6.45) is 0. The normalized spacial score (nSPS) is 11.1. The summed E-state index contributed by atoms with van der Waals surface area (Å²) < 4.78 is 41.6. The molecule has 1 N–H and O–H groups in total. The summed E-state index contributed by atoms with van der Waals surface area (Å²) >= 11 is 9.14. The Bertz CT molecular complexity index is 1140. The molecule has 3 aromatic rings. The molecule has 0 aliphatic rings. The first-order valence-corrected chi connectivity index (χ1v) is 11.0. The minimum atomic E-state index is -4.10. The maximum atomic E-state index is 13.6. The zero-order valence-electron chi connectivity index (χ0n) is 14.8. The van der Waals surface area contributed by atoms with Gasteiger partial charge in [-0.3, -0.25) is 9.10 Å². The van der Waals surface area contributed by atoms with Crippen LogP contribution in [0, 0.1) is 5.82 Å². The van der Waals surface area contributed by atoms with E-state index in [-0.39, 0.29) is 15.6 Å². The molecule has 1 amide bonds. The molecule has 3 aromatic carbocycles. The van der Waals surface area contributed by atoms with E-state index >= 15 is 0 Å². The zero-order chi connectivity index (χ0) is 21.0. The first-order valence-electron chi connectivity index (χ1n) is 8.35. The Labute approximate surface area is 181 Å². The Hall–Kier alpha value is -2.42. The number of amides is 1. The van der Waals surface area contributed by atoms with Crippen LogP contribution in [0.5, 0.6) is 0 Å². The minimum absolute atomic E-state index is 0.00398. The van der Waals surface area contributed by atoms with Gasteiger partial charge in [0.15, 0.2) is 0 Å². The third-order valence-electron chi connectivity index (χ3n) is 3.92. The van der Waals surface area contributed by atoms with E-state index in [9.17, 15) is 17.6 Å². The standard InChI is InChI=1S/C20H15BrClFN2O3S/c21-14-5-4-6-15(11-14)24-20(26)13-25(16-9-10-19(23)18(22)12-16)29(27,28)17-7-2-1-3-8-17/h1-12H,13H2,(H,24,26). The van der Waals surface area contributed by atoms with Gasteiger partial charge in [-0.2, -0.15) is 0 Å². The number of carbonyl (C=O) groups excluding carboxylic acids is 1. The SMILES string of the molecule is O=C(CN(c1ccc(F)c(Cl)c1)S(=O)(=O)c1ccccc1)Nc1cccc(Br)c1. The van der Waals surface area contributed by atoms with E-state index < -0.39 is 28.3 Å². The van der Waals surface area contributed by atoms with Crippen molar-refractivity contribution in [3.63, 3.8) is 0 Å². The monoisotopic (exact) mass is 496 g/mol. The molecule has 0 aliphatic carbocycles. The van der Waals surface area contributed by atoms with Crippen molar-refractivity contribution in [2.45, 2.75) is 4.90 Å². The van der Waals surface area contributed by atoms with Gasteiger partial charge < -0.3 is 5.32 Å². The van der Waals surface area contributed by atoms with Gasteiger partial charge in [0.05, 0.1) is 15.6 Å². The highest BCUT2D eigenvalue weighted by Gasteiger charge is 2.27. The lowest BCUT2D eigenvalue weighted by Gasteiger charge is -2.24. The van der Waals surface area contributed by atoms with Crippen molar-refractivity contribution in [2.24, 2.45) is 0 Å². The molecule has 150 valence electrons. The molecule has 0 bridgehead atoms. The second-order valence-electron chi connectivity index (χ2n) is 5.98. The van der Waals surface area contributed by atoms with Crippen LogP contribution in [0.4, 0.5) is 15.8 Å². The third-order valence-corrected chi connectivity index (χ3v) is 6.49. The highest BCUT2D eigenvalue weighted by molar-refractivity contribution is 9.10. The quantitative estimate of drug-likeness (QED) is 0.517. The fraction of sp³-hybridized carbons (Fsp3) is 0.0500. The smallest absolute Gasteiger partial charge is 0.264 e. The lowest BCUT2D eigenvalue weighted by atomic mass is 10.3. The number of halogens is 3. The summed E-state index contributed by atoms with van der Waals surface area (Å²) in [4.78, 5) is 12.6. The first-order chi connectivity index (χ1) is 13.8. The molecule has 0 saturated carbocycles. The van der Waals surface area contributed by atoms with Crippen LogP contribution in [0.3, 0.4) is 0 Å². The van der Waals surface area contributed by atoms with E-state index in [2.05, 4.69) is 21.2 Å². The molecule has 0 saturated heterocycles. The van der Waals surface area contributed by atoms with Gasteiger partial charge in [0.1, 0.15) is 12.4 Å². The number of sulfonamides is 1. The Morgan fingerprint density at radius 3 is 2.41 bits per heavy atom. The van der Waals surface area contributed by atoms with E-state index in [0.29, 0.717) is 5.69 Å². The molecule has 0 radical (unpaired) electrons. The molecule has 0 fully saturated rings. The summed E-state index contributed by atoms with van der Waals surface area (Å²) in [5.74, 6) is -1.26. The summed E-state index contributed by atoms with van der Waals surface area (Å²) in [6, 6.07) is 18.0. The molecule has 0 unspecified atom stereocenters. The highest BCUT2D eigenvalue weighted by atomic mass is 79.9. The van der Waals surface area contributed by atoms with Gasteiger partial charge in [-0.1, -0.05) is 51.8 Å². The predicted octanol–water partition coefficient (Wildman–Crippen LogP) is 5.08. The van der Waals surface area contributed by atoms with Crippen molar-refractivity contribution in [3.05, 3.63) is 88.1 Å². The third kappa shape index (κ3) is 5.14. The maximum absolute atomic E-state index is 13.6. The number of carbonyl (C=O) groups is 1. The lowest BCUT2D eigenvalue weighted by Crippen LogP contribution is -2.38. The fourth-order valence-corrected chi connectivity index (χ4v) is 4.58. The van der Waals surface area contributed by atoms with Crippen molar-refractivity contribution in [2.75, 3.05) is 16.2 Å². The van der Waals surface area contributed by atoms with E-state index in [1.165, 1.54) is 24.3 Å².